The fraction of sp³-hybridized carbons (Fsp3) is 0.121. The third-order valence-electron chi connectivity index (χ3n) is 8.32. The number of carbonyl (C=O) groups excluding carboxylic acids is 3. The molecule has 190 valence electrons. The molecule has 4 aromatic carbocycles. The Morgan fingerprint density at radius 2 is 1.46 bits per heavy atom. The minimum Gasteiger partial charge on any atom is -0.352 e. The van der Waals surface area contributed by atoms with Gasteiger partial charge in [-0.25, -0.2) is 4.39 Å². The molecule has 3 atom stereocenters. The van der Waals surface area contributed by atoms with Gasteiger partial charge >= 0.3 is 0 Å². The van der Waals surface area contributed by atoms with E-state index in [2.05, 4.69) is 0 Å². The summed E-state index contributed by atoms with van der Waals surface area (Å²) in [6, 6.07) is 25.5. The van der Waals surface area contributed by atoms with Gasteiger partial charge in [0.25, 0.3) is 0 Å². The van der Waals surface area contributed by atoms with Crippen LogP contribution < -0.4 is 4.90 Å². The lowest BCUT2D eigenvalue weighted by Crippen LogP contribution is -2.48. The molecule has 0 bridgehead atoms. The average Bonchev–Trinajstić information content (AvgIpc) is 3.39. The molecule has 1 spiro atoms. The molecule has 2 heterocycles. The largest absolute Gasteiger partial charge is 0.352 e. The second-order valence-electron chi connectivity index (χ2n) is 10.2. The van der Waals surface area contributed by atoms with Crippen molar-refractivity contribution in [2.45, 2.75) is 18.0 Å². The van der Waals surface area contributed by atoms with Crippen LogP contribution >= 0.6 is 11.6 Å². The number of carbonyl (C=O) groups is 3. The Morgan fingerprint density at radius 1 is 0.821 bits per heavy atom. The first-order chi connectivity index (χ1) is 18.9. The van der Waals surface area contributed by atoms with Crippen molar-refractivity contribution in [2.75, 3.05) is 4.90 Å². The summed E-state index contributed by atoms with van der Waals surface area (Å²) in [6.45, 7) is 0. The van der Waals surface area contributed by atoms with E-state index in [1.54, 1.807) is 66.7 Å². The highest BCUT2D eigenvalue weighted by molar-refractivity contribution is 6.32. The van der Waals surface area contributed by atoms with Crippen LogP contribution in [0.2, 0.25) is 5.02 Å². The molecule has 6 heteroatoms. The molecule has 0 N–H and O–H groups in total. The van der Waals surface area contributed by atoms with Crippen molar-refractivity contribution >= 4 is 40.7 Å². The van der Waals surface area contributed by atoms with Crippen LogP contribution in [0.15, 0.2) is 103 Å². The number of Topliss-reactive ketones (excluding diaryl/α,β-unsaturated/α-hetero) is 3. The van der Waals surface area contributed by atoms with Crippen molar-refractivity contribution < 1.29 is 18.8 Å². The normalized spacial score (nSPS) is 22.1. The molecular weight excluding hydrogens is 513 g/mol. The second kappa shape index (κ2) is 8.58. The van der Waals surface area contributed by atoms with Crippen LogP contribution in [0.4, 0.5) is 10.1 Å². The monoisotopic (exact) mass is 533 g/mol. The van der Waals surface area contributed by atoms with Gasteiger partial charge in [-0.05, 0) is 48.0 Å². The number of anilines is 1. The van der Waals surface area contributed by atoms with Crippen LogP contribution in [-0.2, 0) is 0 Å². The maximum absolute atomic E-state index is 14.5. The number of hydrogen-bond acceptors (Lipinski definition) is 4. The van der Waals surface area contributed by atoms with Gasteiger partial charge in [0, 0.05) is 38.9 Å². The summed E-state index contributed by atoms with van der Waals surface area (Å²) in [6.07, 6.45) is 3.54. The van der Waals surface area contributed by atoms with Gasteiger partial charge in [-0.15, -0.1) is 0 Å². The Labute approximate surface area is 229 Å². The van der Waals surface area contributed by atoms with Gasteiger partial charge in [0.15, 0.2) is 17.3 Å². The highest BCUT2D eigenvalue weighted by atomic mass is 35.5. The summed E-state index contributed by atoms with van der Waals surface area (Å²) in [5.41, 5.74) is 1.45. The lowest BCUT2D eigenvalue weighted by Gasteiger charge is -2.37. The predicted octanol–water partition coefficient (Wildman–Crippen LogP) is 6.80. The molecule has 1 aliphatic carbocycles. The zero-order valence-corrected chi connectivity index (χ0v) is 21.3. The van der Waals surface area contributed by atoms with E-state index in [1.807, 2.05) is 35.2 Å². The number of fused-ring (bicyclic) bond motifs is 5. The average molecular weight is 534 g/mol. The van der Waals surface area contributed by atoms with E-state index in [4.69, 9.17) is 11.6 Å². The van der Waals surface area contributed by atoms with Crippen LogP contribution in [-0.4, -0.2) is 29.4 Å². The Balaban J connectivity index is 1.54. The molecule has 0 saturated carbocycles. The molecule has 7 rings (SSSR count). The van der Waals surface area contributed by atoms with Gasteiger partial charge in [0.1, 0.15) is 17.3 Å². The van der Waals surface area contributed by atoms with Crippen LogP contribution in [0.25, 0.3) is 6.08 Å². The van der Waals surface area contributed by atoms with Gasteiger partial charge in [-0.1, -0.05) is 78.4 Å². The number of rotatable bonds is 3. The van der Waals surface area contributed by atoms with Crippen molar-refractivity contribution in [1.29, 1.82) is 0 Å². The van der Waals surface area contributed by atoms with E-state index in [-0.39, 0.29) is 17.3 Å². The fourth-order valence-corrected chi connectivity index (χ4v) is 6.89. The number of ketones is 3. The van der Waals surface area contributed by atoms with E-state index in [9.17, 15) is 18.8 Å². The first kappa shape index (κ1) is 23.7. The van der Waals surface area contributed by atoms with Crippen molar-refractivity contribution in [3.05, 3.63) is 142 Å². The minimum atomic E-state index is -1.58. The molecule has 3 aliphatic rings. The first-order valence-electron chi connectivity index (χ1n) is 12.7. The highest BCUT2D eigenvalue weighted by Gasteiger charge is 2.71. The maximum atomic E-state index is 14.5. The summed E-state index contributed by atoms with van der Waals surface area (Å²) in [5, 5.41) is 0.491. The number of benzene rings is 4. The topological polar surface area (TPSA) is 54.5 Å². The molecule has 1 fully saturated rings. The van der Waals surface area contributed by atoms with Gasteiger partial charge in [0.2, 0.25) is 0 Å². The Kier molecular flexibility index (Phi) is 5.23. The van der Waals surface area contributed by atoms with Gasteiger partial charge in [0.05, 0.1) is 6.04 Å². The molecule has 4 nitrogen and oxygen atoms in total. The van der Waals surface area contributed by atoms with E-state index in [0.29, 0.717) is 38.5 Å². The molecule has 1 saturated heterocycles. The zero-order chi connectivity index (χ0) is 26.9. The summed E-state index contributed by atoms with van der Waals surface area (Å²) < 4.78 is 14.3. The molecule has 4 aromatic rings. The van der Waals surface area contributed by atoms with Gasteiger partial charge in [-0.2, -0.15) is 0 Å². The maximum Gasteiger partial charge on any atom is 0.185 e. The molecule has 0 unspecified atom stereocenters. The summed E-state index contributed by atoms with van der Waals surface area (Å²) in [5.74, 6) is -2.06. The van der Waals surface area contributed by atoms with Crippen molar-refractivity contribution in [3.8, 4) is 0 Å². The SMILES string of the molecule is O=C(c1ccc(Cl)cc1)[C@@H]1[C@@H](c2ccccc2)C2(C(=O)c3ccccc3C2=O)[C@@H]2C=Cc3cc(F)ccc3N12. The summed E-state index contributed by atoms with van der Waals surface area (Å²) in [4.78, 5) is 45.4. The first-order valence-corrected chi connectivity index (χ1v) is 13.1. The fourth-order valence-electron chi connectivity index (χ4n) is 6.77. The lowest BCUT2D eigenvalue weighted by atomic mass is 9.64. The predicted molar refractivity (Wildman–Crippen MR) is 148 cm³/mol. The lowest BCUT2D eigenvalue weighted by molar-refractivity contribution is 0.0666. The van der Waals surface area contributed by atoms with Gasteiger partial charge < -0.3 is 4.90 Å². The van der Waals surface area contributed by atoms with Crippen LogP contribution in [0.1, 0.15) is 48.1 Å². The molecular formula is C33H21ClFNO3. The standard InChI is InChI=1S/C33H21ClFNO3/c34-22-13-10-20(11-14-22)30(37)29-28(19-6-2-1-3-7-19)33(31(38)24-8-4-5-9-25(24)32(33)39)27-17-12-21-18-23(35)15-16-26(21)36(27)29/h1-18,27-29H/t27-,28+,29-/m0/s1. The van der Waals surface area contributed by atoms with Crippen molar-refractivity contribution in [2.24, 2.45) is 5.41 Å². The minimum absolute atomic E-state index is 0.246. The van der Waals surface area contributed by atoms with Crippen LogP contribution in [0, 0.1) is 11.2 Å². The molecule has 0 aromatic heterocycles. The molecule has 0 amide bonds. The second-order valence-corrected chi connectivity index (χ2v) is 10.6. The smallest absolute Gasteiger partial charge is 0.185 e. The van der Waals surface area contributed by atoms with Crippen molar-refractivity contribution in [3.63, 3.8) is 0 Å². The summed E-state index contributed by atoms with van der Waals surface area (Å²) in [7, 11) is 0. The third-order valence-corrected chi connectivity index (χ3v) is 8.57. The van der Waals surface area contributed by atoms with Crippen LogP contribution in [0.3, 0.4) is 0 Å². The van der Waals surface area contributed by atoms with E-state index < -0.39 is 29.2 Å². The van der Waals surface area contributed by atoms with Crippen LogP contribution in [0.5, 0.6) is 0 Å². The van der Waals surface area contributed by atoms with E-state index in [1.165, 1.54) is 12.1 Å². The molecule has 2 aliphatic heterocycles. The van der Waals surface area contributed by atoms with E-state index >= 15 is 0 Å². The number of nitrogens with zero attached hydrogens (tertiary/aromatic N) is 1. The summed E-state index contributed by atoms with van der Waals surface area (Å²) >= 11 is 6.13. The third kappa shape index (κ3) is 3.20. The Morgan fingerprint density at radius 3 is 2.13 bits per heavy atom. The molecule has 39 heavy (non-hydrogen) atoms. The Hall–Kier alpha value is -4.35. The molecule has 0 radical (unpaired) electrons. The van der Waals surface area contributed by atoms with Crippen molar-refractivity contribution in [1.82, 2.24) is 0 Å². The van der Waals surface area contributed by atoms with Gasteiger partial charge in [-0.3, -0.25) is 14.4 Å². The number of hydrogen-bond donors (Lipinski definition) is 0. The van der Waals surface area contributed by atoms with E-state index in [0.717, 1.165) is 0 Å². The zero-order valence-electron chi connectivity index (χ0n) is 20.6. The number of halogens is 2. The quantitative estimate of drug-likeness (QED) is 0.215. The Bertz CT molecular complexity index is 1680. The highest BCUT2D eigenvalue weighted by Crippen LogP contribution is 2.60.